The molecule has 2 aliphatic heterocycles. The molecule has 6 rings (SSSR count). The quantitative estimate of drug-likeness (QED) is 0.529. The number of rotatable bonds is 4. The molecular weight excluding hydrogens is 468 g/mol. The standard InChI is InChI=1S/C26H31F2N5O3/c1-15-16(2)30-24-21(17-3-6-26(27,28)7-4-17)10-22(31-33(24)25(15)34)18-5-8-36-23(9-18)19-11-29-32(12-19)20-13-35-14-20/h10-12,17-18,20,23H,3-9,13-14H2,1-2H3/t18-,23+/m0/s1. The van der Waals surface area contributed by atoms with Crippen LogP contribution in [0.5, 0.6) is 0 Å². The van der Waals surface area contributed by atoms with E-state index in [1.165, 1.54) is 4.52 Å². The number of aryl methyl sites for hydroxylation is 1. The van der Waals surface area contributed by atoms with Gasteiger partial charge in [-0.2, -0.15) is 14.7 Å². The topological polar surface area (TPSA) is 83.5 Å². The minimum absolute atomic E-state index is 0.0702. The monoisotopic (exact) mass is 499 g/mol. The molecule has 0 aromatic carbocycles. The third kappa shape index (κ3) is 4.24. The first-order chi connectivity index (χ1) is 17.3. The van der Waals surface area contributed by atoms with Gasteiger partial charge in [0, 0.05) is 53.9 Å². The van der Waals surface area contributed by atoms with Gasteiger partial charge in [-0.1, -0.05) is 0 Å². The van der Waals surface area contributed by atoms with E-state index in [1.807, 2.05) is 30.1 Å². The molecule has 3 fully saturated rings. The summed E-state index contributed by atoms with van der Waals surface area (Å²) in [6.07, 6.45) is 5.69. The molecule has 1 saturated carbocycles. The number of halogens is 2. The predicted molar refractivity (Wildman–Crippen MR) is 128 cm³/mol. The summed E-state index contributed by atoms with van der Waals surface area (Å²) in [5.74, 6) is -2.63. The molecule has 10 heteroatoms. The Kier molecular flexibility index (Phi) is 5.91. The smallest absolute Gasteiger partial charge is 0.277 e. The van der Waals surface area contributed by atoms with Crippen molar-refractivity contribution in [1.82, 2.24) is 24.4 Å². The summed E-state index contributed by atoms with van der Waals surface area (Å²) in [6, 6.07) is 2.30. The van der Waals surface area contributed by atoms with Crippen molar-refractivity contribution >= 4 is 5.65 Å². The number of alkyl halides is 2. The number of fused-ring (bicyclic) bond motifs is 1. The maximum atomic E-state index is 13.9. The Labute approximate surface area is 207 Å². The molecule has 0 spiro atoms. The van der Waals surface area contributed by atoms with Crippen LogP contribution in [0.15, 0.2) is 23.3 Å². The van der Waals surface area contributed by atoms with Crippen LogP contribution in [0.4, 0.5) is 8.78 Å². The van der Waals surface area contributed by atoms with Crippen molar-refractivity contribution < 1.29 is 18.3 Å². The number of hydrogen-bond acceptors (Lipinski definition) is 6. The first-order valence-electron chi connectivity index (χ1n) is 12.8. The van der Waals surface area contributed by atoms with Gasteiger partial charge in [-0.15, -0.1) is 0 Å². The molecule has 0 amide bonds. The second-order valence-electron chi connectivity index (χ2n) is 10.5. The van der Waals surface area contributed by atoms with Gasteiger partial charge in [-0.05, 0) is 51.5 Å². The first-order valence-corrected chi connectivity index (χ1v) is 12.8. The Balaban J connectivity index is 1.35. The van der Waals surface area contributed by atoms with E-state index in [4.69, 9.17) is 19.6 Å². The van der Waals surface area contributed by atoms with Crippen molar-refractivity contribution in [2.75, 3.05) is 19.8 Å². The second kappa shape index (κ2) is 8.99. The highest BCUT2D eigenvalue weighted by atomic mass is 19.3. The highest BCUT2D eigenvalue weighted by Gasteiger charge is 2.37. The van der Waals surface area contributed by atoms with E-state index < -0.39 is 5.92 Å². The van der Waals surface area contributed by atoms with Crippen LogP contribution in [0.2, 0.25) is 0 Å². The molecule has 3 aromatic rings. The van der Waals surface area contributed by atoms with Crippen LogP contribution < -0.4 is 5.56 Å². The van der Waals surface area contributed by atoms with Crippen LogP contribution in [-0.4, -0.2) is 50.1 Å². The van der Waals surface area contributed by atoms with Crippen LogP contribution >= 0.6 is 0 Å². The van der Waals surface area contributed by atoms with Gasteiger partial charge < -0.3 is 9.47 Å². The van der Waals surface area contributed by atoms with Gasteiger partial charge in [-0.3, -0.25) is 9.48 Å². The second-order valence-corrected chi connectivity index (χ2v) is 10.5. The van der Waals surface area contributed by atoms with Crippen molar-refractivity contribution in [2.24, 2.45) is 0 Å². The predicted octanol–water partition coefficient (Wildman–Crippen LogP) is 4.40. The molecule has 0 N–H and O–H groups in total. The third-order valence-corrected chi connectivity index (χ3v) is 8.15. The average molecular weight is 500 g/mol. The van der Waals surface area contributed by atoms with E-state index in [2.05, 4.69) is 5.10 Å². The van der Waals surface area contributed by atoms with Gasteiger partial charge >= 0.3 is 0 Å². The third-order valence-electron chi connectivity index (χ3n) is 8.15. The molecule has 192 valence electrons. The number of nitrogens with zero attached hydrogens (tertiary/aromatic N) is 5. The lowest BCUT2D eigenvalue weighted by Gasteiger charge is -2.31. The van der Waals surface area contributed by atoms with Gasteiger partial charge in [0.2, 0.25) is 5.92 Å². The Morgan fingerprint density at radius 1 is 1.11 bits per heavy atom. The molecule has 8 nitrogen and oxygen atoms in total. The van der Waals surface area contributed by atoms with E-state index in [9.17, 15) is 13.6 Å². The number of ether oxygens (including phenoxy) is 2. The molecule has 2 atom stereocenters. The minimum Gasteiger partial charge on any atom is -0.377 e. The zero-order valence-corrected chi connectivity index (χ0v) is 20.6. The molecule has 1 aliphatic carbocycles. The van der Waals surface area contributed by atoms with Crippen molar-refractivity contribution in [1.29, 1.82) is 0 Å². The summed E-state index contributed by atoms with van der Waals surface area (Å²) in [6.45, 7) is 5.48. The molecule has 5 heterocycles. The minimum atomic E-state index is -2.62. The van der Waals surface area contributed by atoms with Crippen molar-refractivity contribution in [3.05, 3.63) is 56.9 Å². The summed E-state index contributed by atoms with van der Waals surface area (Å²) in [4.78, 5) is 17.9. The lowest BCUT2D eigenvalue weighted by atomic mass is 9.81. The largest absolute Gasteiger partial charge is 0.377 e. The zero-order chi connectivity index (χ0) is 25.0. The molecule has 3 aromatic heterocycles. The SMILES string of the molecule is Cc1nc2c(C3CCC(F)(F)CC3)cc([C@H]3CCO[C@@H](c4cnn(C5COC5)c4)C3)nn2c(=O)c1C. The average Bonchev–Trinajstić information content (AvgIpc) is 3.31. The zero-order valence-electron chi connectivity index (χ0n) is 20.6. The van der Waals surface area contributed by atoms with E-state index >= 15 is 0 Å². The fourth-order valence-corrected chi connectivity index (χ4v) is 5.59. The Bertz CT molecular complexity index is 1340. The van der Waals surface area contributed by atoms with Crippen LogP contribution in [0.25, 0.3) is 5.65 Å². The fraction of sp³-hybridized carbons (Fsp3) is 0.615. The molecule has 3 aliphatic rings. The van der Waals surface area contributed by atoms with Crippen LogP contribution in [0.3, 0.4) is 0 Å². The van der Waals surface area contributed by atoms with Crippen LogP contribution in [0.1, 0.15) is 90.6 Å². The van der Waals surface area contributed by atoms with Gasteiger partial charge in [0.05, 0.1) is 37.3 Å². The highest BCUT2D eigenvalue weighted by Crippen LogP contribution is 2.43. The van der Waals surface area contributed by atoms with Gasteiger partial charge in [-0.25, -0.2) is 13.8 Å². The van der Waals surface area contributed by atoms with E-state index in [0.717, 1.165) is 23.2 Å². The van der Waals surface area contributed by atoms with Gasteiger partial charge in [0.15, 0.2) is 5.65 Å². The number of hydrogen-bond donors (Lipinski definition) is 0. The highest BCUT2D eigenvalue weighted by molar-refractivity contribution is 5.51. The van der Waals surface area contributed by atoms with Crippen LogP contribution in [0, 0.1) is 13.8 Å². The van der Waals surface area contributed by atoms with Crippen molar-refractivity contribution in [2.45, 2.75) is 82.3 Å². The van der Waals surface area contributed by atoms with Crippen molar-refractivity contribution in [3.63, 3.8) is 0 Å². The van der Waals surface area contributed by atoms with E-state index in [0.29, 0.717) is 56.0 Å². The molecule has 36 heavy (non-hydrogen) atoms. The maximum absolute atomic E-state index is 13.9. The van der Waals surface area contributed by atoms with Crippen LogP contribution in [-0.2, 0) is 9.47 Å². The molecule has 2 saturated heterocycles. The fourth-order valence-electron chi connectivity index (χ4n) is 5.59. The van der Waals surface area contributed by atoms with Gasteiger partial charge in [0.25, 0.3) is 5.56 Å². The molecular formula is C26H31F2N5O3. The lowest BCUT2D eigenvalue weighted by Crippen LogP contribution is -2.30. The van der Waals surface area contributed by atoms with E-state index in [-0.39, 0.29) is 42.4 Å². The van der Waals surface area contributed by atoms with Gasteiger partial charge in [0.1, 0.15) is 0 Å². The van der Waals surface area contributed by atoms with Crippen molar-refractivity contribution in [3.8, 4) is 0 Å². The summed E-state index contributed by atoms with van der Waals surface area (Å²) in [5, 5.41) is 9.26. The maximum Gasteiger partial charge on any atom is 0.277 e. The normalized spacial score (nSPS) is 25.2. The summed E-state index contributed by atoms with van der Waals surface area (Å²) in [5.41, 5.74) is 4.18. The summed E-state index contributed by atoms with van der Waals surface area (Å²) < 4.78 is 42.6. The van der Waals surface area contributed by atoms with E-state index in [1.54, 1.807) is 6.92 Å². The first kappa shape index (κ1) is 23.7. The summed E-state index contributed by atoms with van der Waals surface area (Å²) in [7, 11) is 0. The number of aromatic nitrogens is 5. The Hall–Kier alpha value is -2.72. The Morgan fingerprint density at radius 2 is 1.89 bits per heavy atom. The lowest BCUT2D eigenvalue weighted by molar-refractivity contribution is -0.0382. The Morgan fingerprint density at radius 3 is 2.61 bits per heavy atom. The molecule has 0 radical (unpaired) electrons. The molecule has 0 bridgehead atoms. The summed E-state index contributed by atoms with van der Waals surface area (Å²) >= 11 is 0. The molecule has 0 unspecified atom stereocenters.